The van der Waals surface area contributed by atoms with Gasteiger partial charge in [-0.05, 0) is 23.8 Å². The minimum Gasteiger partial charge on any atom is -0.439 e. The molecule has 0 aliphatic carbocycles. The zero-order valence-corrected chi connectivity index (χ0v) is 12.9. The molecule has 106 valence electrons. The van der Waals surface area contributed by atoms with Crippen molar-refractivity contribution in [3.05, 3.63) is 52.6 Å². The van der Waals surface area contributed by atoms with Crippen LogP contribution in [0, 0.1) is 0 Å². The van der Waals surface area contributed by atoms with Crippen molar-refractivity contribution in [1.29, 1.82) is 0 Å². The van der Waals surface area contributed by atoms with Crippen LogP contribution >= 0.6 is 15.9 Å². The van der Waals surface area contributed by atoms with Gasteiger partial charge in [0, 0.05) is 36.9 Å². The molecule has 0 aliphatic rings. The molecule has 0 amide bonds. The summed E-state index contributed by atoms with van der Waals surface area (Å²) in [6, 6.07) is 11.5. The van der Waals surface area contributed by atoms with E-state index in [2.05, 4.69) is 26.2 Å². The number of aromatic nitrogens is 1. The third kappa shape index (κ3) is 4.92. The largest absolute Gasteiger partial charge is 0.439 e. The topological polar surface area (TPSA) is 43.4 Å². The Morgan fingerprint density at radius 3 is 2.85 bits per heavy atom. The molecule has 0 bridgehead atoms. The highest BCUT2D eigenvalue weighted by molar-refractivity contribution is 9.10. The fourth-order valence-corrected chi connectivity index (χ4v) is 2.01. The summed E-state index contributed by atoms with van der Waals surface area (Å²) in [4.78, 5) is 4.29. The second-order valence-electron chi connectivity index (χ2n) is 4.23. The highest BCUT2D eigenvalue weighted by atomic mass is 79.9. The fraction of sp³-hybridized carbons (Fsp3) is 0.267. The first-order valence-corrected chi connectivity index (χ1v) is 7.15. The Bertz CT molecular complexity index is 532. The molecule has 1 aromatic heterocycles. The maximum atomic E-state index is 5.68. The molecule has 0 unspecified atom stereocenters. The molecule has 1 aromatic carbocycles. The molecule has 0 radical (unpaired) electrons. The molecule has 0 fully saturated rings. The van der Waals surface area contributed by atoms with Gasteiger partial charge in [-0.3, -0.25) is 0 Å². The molecule has 2 aromatic rings. The normalized spacial score (nSPS) is 10.5. The van der Waals surface area contributed by atoms with E-state index < -0.39 is 0 Å². The number of rotatable bonds is 7. The zero-order chi connectivity index (χ0) is 14.2. The minimum atomic E-state index is 0.587. The molecule has 5 heteroatoms. The summed E-state index contributed by atoms with van der Waals surface area (Å²) in [5.41, 5.74) is 1.11. The maximum Gasteiger partial charge on any atom is 0.219 e. The summed E-state index contributed by atoms with van der Waals surface area (Å²) < 4.78 is 11.6. The predicted molar refractivity (Wildman–Crippen MR) is 82.0 cm³/mol. The number of hydrogen-bond acceptors (Lipinski definition) is 4. The van der Waals surface area contributed by atoms with E-state index in [1.165, 1.54) is 0 Å². The number of hydrogen-bond donors (Lipinski definition) is 1. The Balaban J connectivity index is 1.88. The average molecular weight is 337 g/mol. The number of ether oxygens (including phenoxy) is 2. The first kappa shape index (κ1) is 15.0. The van der Waals surface area contributed by atoms with Gasteiger partial charge in [-0.25, -0.2) is 4.98 Å². The van der Waals surface area contributed by atoms with Crippen molar-refractivity contribution in [3.63, 3.8) is 0 Å². The van der Waals surface area contributed by atoms with Gasteiger partial charge in [0.2, 0.25) is 5.88 Å². The van der Waals surface area contributed by atoms with Crippen molar-refractivity contribution in [2.24, 2.45) is 0 Å². The molecule has 4 nitrogen and oxygen atoms in total. The number of pyridine rings is 1. The van der Waals surface area contributed by atoms with Crippen LogP contribution in [0.25, 0.3) is 0 Å². The first-order valence-electron chi connectivity index (χ1n) is 6.36. The Labute approximate surface area is 127 Å². The smallest absolute Gasteiger partial charge is 0.219 e. The van der Waals surface area contributed by atoms with Crippen molar-refractivity contribution in [2.45, 2.75) is 6.54 Å². The van der Waals surface area contributed by atoms with E-state index in [1.54, 1.807) is 7.11 Å². The zero-order valence-electron chi connectivity index (χ0n) is 11.3. The third-order valence-electron chi connectivity index (χ3n) is 2.63. The summed E-state index contributed by atoms with van der Waals surface area (Å²) in [5.74, 6) is 1.35. The highest BCUT2D eigenvalue weighted by Gasteiger charge is 2.00. The second kappa shape index (κ2) is 7.99. The average Bonchev–Trinajstić information content (AvgIpc) is 2.45. The SMILES string of the molecule is COCCNCc1ccc(Oc2cccc(Br)c2)nc1. The Morgan fingerprint density at radius 2 is 2.15 bits per heavy atom. The van der Waals surface area contributed by atoms with Crippen LogP contribution in [-0.4, -0.2) is 25.2 Å². The monoisotopic (exact) mass is 336 g/mol. The van der Waals surface area contributed by atoms with Crippen LogP contribution in [0.3, 0.4) is 0 Å². The summed E-state index contributed by atoms with van der Waals surface area (Å²) in [6.07, 6.45) is 1.81. The molecular weight excluding hydrogens is 320 g/mol. The molecule has 0 atom stereocenters. The molecule has 0 saturated heterocycles. The molecule has 2 rings (SSSR count). The number of benzene rings is 1. The van der Waals surface area contributed by atoms with Crippen LogP contribution in [0.2, 0.25) is 0 Å². The molecule has 1 N–H and O–H groups in total. The molecule has 1 heterocycles. The lowest BCUT2D eigenvalue weighted by atomic mass is 10.3. The lowest BCUT2D eigenvalue weighted by Gasteiger charge is -2.07. The van der Waals surface area contributed by atoms with Crippen LogP contribution in [-0.2, 0) is 11.3 Å². The number of nitrogens with zero attached hydrogens (tertiary/aromatic N) is 1. The van der Waals surface area contributed by atoms with Gasteiger partial charge in [0.1, 0.15) is 5.75 Å². The molecule has 0 spiro atoms. The third-order valence-corrected chi connectivity index (χ3v) is 3.12. The van der Waals surface area contributed by atoms with E-state index in [1.807, 2.05) is 42.6 Å². The van der Waals surface area contributed by atoms with Gasteiger partial charge in [0.15, 0.2) is 0 Å². The van der Waals surface area contributed by atoms with Gasteiger partial charge < -0.3 is 14.8 Å². The van der Waals surface area contributed by atoms with Crippen LogP contribution in [0.15, 0.2) is 47.1 Å². The van der Waals surface area contributed by atoms with E-state index in [4.69, 9.17) is 9.47 Å². The van der Waals surface area contributed by atoms with Gasteiger partial charge in [-0.2, -0.15) is 0 Å². The van der Waals surface area contributed by atoms with Crippen LogP contribution in [0.1, 0.15) is 5.56 Å². The van der Waals surface area contributed by atoms with Crippen molar-refractivity contribution in [3.8, 4) is 11.6 Å². The quantitative estimate of drug-likeness (QED) is 0.787. The van der Waals surface area contributed by atoms with Crippen LogP contribution < -0.4 is 10.1 Å². The molecule has 20 heavy (non-hydrogen) atoms. The summed E-state index contributed by atoms with van der Waals surface area (Å²) in [6.45, 7) is 2.30. The van der Waals surface area contributed by atoms with Gasteiger partial charge >= 0.3 is 0 Å². The lowest BCUT2D eigenvalue weighted by molar-refractivity contribution is 0.199. The Morgan fingerprint density at radius 1 is 1.25 bits per heavy atom. The summed E-state index contributed by atoms with van der Waals surface area (Å²) in [7, 11) is 1.69. The van der Waals surface area contributed by atoms with Crippen molar-refractivity contribution in [2.75, 3.05) is 20.3 Å². The predicted octanol–water partition coefficient (Wildman–Crippen LogP) is 3.37. The van der Waals surface area contributed by atoms with E-state index in [0.29, 0.717) is 12.5 Å². The summed E-state index contributed by atoms with van der Waals surface area (Å²) in [5, 5.41) is 3.27. The minimum absolute atomic E-state index is 0.587. The Kier molecular flexibility index (Phi) is 5.98. The van der Waals surface area contributed by atoms with E-state index in [-0.39, 0.29) is 0 Å². The van der Waals surface area contributed by atoms with Crippen LogP contribution in [0.4, 0.5) is 0 Å². The molecule has 0 saturated carbocycles. The molecule has 0 aliphatic heterocycles. The van der Waals surface area contributed by atoms with Gasteiger partial charge in [0.05, 0.1) is 6.61 Å². The highest BCUT2D eigenvalue weighted by Crippen LogP contribution is 2.22. The fourth-order valence-electron chi connectivity index (χ4n) is 1.63. The Hall–Kier alpha value is -1.43. The first-order chi connectivity index (χ1) is 9.78. The maximum absolute atomic E-state index is 5.68. The van der Waals surface area contributed by atoms with E-state index in [0.717, 1.165) is 28.9 Å². The van der Waals surface area contributed by atoms with Crippen molar-refractivity contribution >= 4 is 15.9 Å². The van der Waals surface area contributed by atoms with Gasteiger partial charge in [-0.15, -0.1) is 0 Å². The van der Waals surface area contributed by atoms with Crippen molar-refractivity contribution < 1.29 is 9.47 Å². The second-order valence-corrected chi connectivity index (χ2v) is 5.15. The van der Waals surface area contributed by atoms with Crippen molar-refractivity contribution in [1.82, 2.24) is 10.3 Å². The van der Waals surface area contributed by atoms with Gasteiger partial charge in [-0.1, -0.05) is 28.1 Å². The van der Waals surface area contributed by atoms with Crippen LogP contribution in [0.5, 0.6) is 11.6 Å². The lowest BCUT2D eigenvalue weighted by Crippen LogP contribution is -2.18. The molecular formula is C15H17BrN2O2. The number of nitrogens with one attached hydrogen (secondary N) is 1. The summed E-state index contributed by atoms with van der Waals surface area (Å²) >= 11 is 3.41. The van der Waals surface area contributed by atoms with E-state index >= 15 is 0 Å². The van der Waals surface area contributed by atoms with E-state index in [9.17, 15) is 0 Å². The number of methoxy groups -OCH3 is 1. The van der Waals surface area contributed by atoms with Gasteiger partial charge in [0.25, 0.3) is 0 Å². The standard InChI is InChI=1S/C15H17BrN2O2/c1-19-8-7-17-10-12-5-6-15(18-11-12)20-14-4-2-3-13(16)9-14/h2-6,9,11,17H,7-8,10H2,1H3. The number of halogens is 1.